The molecule has 2 rings (SSSR count). The molecule has 2 amide bonds. The largest absolute Gasteiger partial charge is 0.380 e. The van der Waals surface area contributed by atoms with Gasteiger partial charge in [-0.15, -0.1) is 0 Å². The zero-order chi connectivity index (χ0) is 13.1. The van der Waals surface area contributed by atoms with Crippen molar-refractivity contribution in [1.82, 2.24) is 5.32 Å². The number of nitrogens with zero attached hydrogens (tertiary/aromatic N) is 1. The summed E-state index contributed by atoms with van der Waals surface area (Å²) < 4.78 is 5.06. The Morgan fingerprint density at radius 3 is 2.94 bits per heavy atom. The Hall–Kier alpha value is -1.88. The van der Waals surface area contributed by atoms with Gasteiger partial charge in [0.05, 0.1) is 13.2 Å². The summed E-state index contributed by atoms with van der Waals surface area (Å²) in [5.41, 5.74) is 1.71. The van der Waals surface area contributed by atoms with Crippen LogP contribution >= 0.6 is 0 Å². The van der Waals surface area contributed by atoms with E-state index in [-0.39, 0.29) is 18.4 Å². The number of ether oxygens (including phenoxy) is 1. The number of nitrogens with one attached hydrogen (secondary N) is 1. The van der Waals surface area contributed by atoms with E-state index < -0.39 is 6.04 Å². The number of rotatable bonds is 3. The molecule has 1 heterocycles. The van der Waals surface area contributed by atoms with Crippen molar-refractivity contribution >= 4 is 17.5 Å². The van der Waals surface area contributed by atoms with Gasteiger partial charge in [0, 0.05) is 12.8 Å². The molecular weight excluding hydrogens is 232 g/mol. The summed E-state index contributed by atoms with van der Waals surface area (Å²) in [6.45, 7) is 2.25. The number of benzene rings is 1. The second-order valence-electron chi connectivity index (χ2n) is 4.26. The van der Waals surface area contributed by atoms with Crippen molar-refractivity contribution in [3.63, 3.8) is 0 Å². The molecule has 1 aliphatic heterocycles. The molecule has 1 aromatic carbocycles. The van der Waals surface area contributed by atoms with Gasteiger partial charge in [-0.05, 0) is 24.6 Å². The normalized spacial score (nSPS) is 19.9. The average Bonchev–Trinajstić information content (AvgIpc) is 2.35. The van der Waals surface area contributed by atoms with Gasteiger partial charge in [-0.1, -0.05) is 12.1 Å². The van der Waals surface area contributed by atoms with Crippen LogP contribution in [0.2, 0.25) is 0 Å². The molecule has 1 aliphatic rings. The molecule has 0 bridgehead atoms. The van der Waals surface area contributed by atoms with Crippen LogP contribution in [0.5, 0.6) is 0 Å². The summed E-state index contributed by atoms with van der Waals surface area (Å²) in [6, 6.07) is 6.99. The van der Waals surface area contributed by atoms with Crippen molar-refractivity contribution in [3.8, 4) is 0 Å². The van der Waals surface area contributed by atoms with Gasteiger partial charge in [-0.2, -0.15) is 0 Å². The van der Waals surface area contributed by atoms with Gasteiger partial charge in [-0.25, -0.2) is 0 Å². The molecule has 96 valence electrons. The minimum absolute atomic E-state index is 0.0533. The van der Waals surface area contributed by atoms with Crippen molar-refractivity contribution in [2.45, 2.75) is 19.6 Å². The summed E-state index contributed by atoms with van der Waals surface area (Å²) in [6.07, 6.45) is 0. The van der Waals surface area contributed by atoms with Gasteiger partial charge in [0.15, 0.2) is 0 Å². The monoisotopic (exact) mass is 248 g/mol. The van der Waals surface area contributed by atoms with Crippen LogP contribution in [0.15, 0.2) is 24.3 Å². The minimum Gasteiger partial charge on any atom is -0.380 e. The molecule has 0 aliphatic carbocycles. The first-order valence-electron chi connectivity index (χ1n) is 5.81. The molecular formula is C13H16N2O3. The summed E-state index contributed by atoms with van der Waals surface area (Å²) >= 11 is 0. The highest BCUT2D eigenvalue weighted by molar-refractivity contribution is 6.06. The highest BCUT2D eigenvalue weighted by atomic mass is 16.5. The number of methoxy groups -OCH3 is 1. The highest BCUT2D eigenvalue weighted by Gasteiger charge is 2.31. The van der Waals surface area contributed by atoms with E-state index in [9.17, 15) is 9.59 Å². The number of carbonyl (C=O) groups excluding carboxylic acids is 2. The first kappa shape index (κ1) is 12.6. The molecule has 0 spiro atoms. The smallest absolute Gasteiger partial charge is 0.247 e. The van der Waals surface area contributed by atoms with Gasteiger partial charge in [0.1, 0.15) is 6.04 Å². The van der Waals surface area contributed by atoms with Gasteiger partial charge in [0.25, 0.3) is 0 Å². The Balaban J connectivity index is 2.30. The number of hydrogen-bond donors (Lipinski definition) is 1. The maximum atomic E-state index is 11.9. The van der Waals surface area contributed by atoms with E-state index in [1.54, 1.807) is 14.0 Å². The van der Waals surface area contributed by atoms with Crippen LogP contribution in [0, 0.1) is 0 Å². The van der Waals surface area contributed by atoms with E-state index in [0.29, 0.717) is 6.61 Å². The lowest BCUT2D eigenvalue weighted by atomic mass is 10.1. The first-order chi connectivity index (χ1) is 8.63. The molecule has 5 heteroatoms. The molecule has 1 fully saturated rings. The van der Waals surface area contributed by atoms with Crippen molar-refractivity contribution in [1.29, 1.82) is 0 Å². The van der Waals surface area contributed by atoms with Gasteiger partial charge in [0.2, 0.25) is 11.8 Å². The molecule has 0 aromatic heterocycles. The fraction of sp³-hybridized carbons (Fsp3) is 0.385. The summed E-state index contributed by atoms with van der Waals surface area (Å²) in [7, 11) is 1.62. The Morgan fingerprint density at radius 1 is 1.44 bits per heavy atom. The second-order valence-corrected chi connectivity index (χ2v) is 4.26. The van der Waals surface area contributed by atoms with Crippen molar-refractivity contribution in [2.24, 2.45) is 0 Å². The van der Waals surface area contributed by atoms with E-state index in [2.05, 4.69) is 5.32 Å². The average molecular weight is 248 g/mol. The van der Waals surface area contributed by atoms with E-state index in [1.807, 2.05) is 24.3 Å². The number of amides is 2. The van der Waals surface area contributed by atoms with E-state index >= 15 is 0 Å². The zero-order valence-electron chi connectivity index (χ0n) is 10.5. The van der Waals surface area contributed by atoms with Crippen molar-refractivity contribution in [3.05, 3.63) is 29.8 Å². The molecule has 18 heavy (non-hydrogen) atoms. The van der Waals surface area contributed by atoms with Crippen LogP contribution in [0.25, 0.3) is 0 Å². The molecule has 1 N–H and O–H groups in total. The predicted octanol–water partition coefficient (Wildman–Crippen LogP) is 0.684. The standard InChI is InChI=1S/C13H16N2O3/c1-9-13(17)14-7-12(16)15(9)11-5-3-4-10(6-11)8-18-2/h3-6,9H,7-8H2,1-2H3,(H,14,17). The SMILES string of the molecule is COCc1cccc(N2C(=O)CNC(=O)C2C)c1. The van der Waals surface area contributed by atoms with Crippen LogP contribution in [0.3, 0.4) is 0 Å². The first-order valence-corrected chi connectivity index (χ1v) is 5.81. The Kier molecular flexibility index (Phi) is 3.62. The maximum Gasteiger partial charge on any atom is 0.247 e. The van der Waals surface area contributed by atoms with Crippen LogP contribution < -0.4 is 10.2 Å². The van der Waals surface area contributed by atoms with E-state index in [0.717, 1.165) is 11.3 Å². The molecule has 1 saturated heterocycles. The Morgan fingerprint density at radius 2 is 2.22 bits per heavy atom. The summed E-state index contributed by atoms with van der Waals surface area (Å²) in [5, 5.41) is 2.57. The number of carbonyl (C=O) groups is 2. The lowest BCUT2D eigenvalue weighted by Crippen LogP contribution is -2.57. The molecule has 1 aromatic rings. The van der Waals surface area contributed by atoms with Crippen LogP contribution in [-0.2, 0) is 20.9 Å². The minimum atomic E-state index is -0.482. The Bertz CT molecular complexity index is 473. The molecule has 1 atom stereocenters. The van der Waals surface area contributed by atoms with Crippen molar-refractivity contribution in [2.75, 3.05) is 18.6 Å². The fourth-order valence-electron chi connectivity index (χ4n) is 2.06. The third-order valence-electron chi connectivity index (χ3n) is 2.95. The van der Waals surface area contributed by atoms with Crippen LogP contribution in [0.4, 0.5) is 5.69 Å². The number of piperazine rings is 1. The maximum absolute atomic E-state index is 11.9. The highest BCUT2D eigenvalue weighted by Crippen LogP contribution is 2.21. The third-order valence-corrected chi connectivity index (χ3v) is 2.95. The second kappa shape index (κ2) is 5.18. The number of anilines is 1. The van der Waals surface area contributed by atoms with Gasteiger partial charge in [-0.3, -0.25) is 14.5 Å². The molecule has 1 unspecified atom stereocenters. The lowest BCUT2D eigenvalue weighted by Gasteiger charge is -2.32. The van der Waals surface area contributed by atoms with E-state index in [4.69, 9.17) is 4.74 Å². The predicted molar refractivity (Wildman–Crippen MR) is 67.1 cm³/mol. The van der Waals surface area contributed by atoms with Gasteiger partial charge < -0.3 is 10.1 Å². The number of hydrogen-bond acceptors (Lipinski definition) is 3. The summed E-state index contributed by atoms with van der Waals surface area (Å²) in [4.78, 5) is 25.0. The van der Waals surface area contributed by atoms with Crippen LogP contribution in [0.1, 0.15) is 12.5 Å². The third kappa shape index (κ3) is 2.36. The lowest BCUT2D eigenvalue weighted by molar-refractivity contribution is -0.130. The molecule has 0 saturated carbocycles. The quantitative estimate of drug-likeness (QED) is 0.856. The molecule has 0 radical (unpaired) electrons. The topological polar surface area (TPSA) is 58.6 Å². The Labute approximate surface area is 106 Å². The van der Waals surface area contributed by atoms with Crippen molar-refractivity contribution < 1.29 is 14.3 Å². The van der Waals surface area contributed by atoms with Gasteiger partial charge >= 0.3 is 0 Å². The molecule has 5 nitrogen and oxygen atoms in total. The summed E-state index contributed by atoms with van der Waals surface area (Å²) in [5.74, 6) is -0.233. The zero-order valence-corrected chi connectivity index (χ0v) is 10.5. The van der Waals surface area contributed by atoms with Crippen LogP contribution in [-0.4, -0.2) is 31.5 Å². The van der Waals surface area contributed by atoms with E-state index in [1.165, 1.54) is 4.90 Å². The fourth-order valence-corrected chi connectivity index (χ4v) is 2.06.